The summed E-state index contributed by atoms with van der Waals surface area (Å²) < 4.78 is 0.394. The summed E-state index contributed by atoms with van der Waals surface area (Å²) in [5.74, 6) is 0.0644. The summed E-state index contributed by atoms with van der Waals surface area (Å²) >= 11 is 3.15. The van der Waals surface area contributed by atoms with Gasteiger partial charge in [-0.05, 0) is 35.1 Å². The predicted octanol–water partition coefficient (Wildman–Crippen LogP) is 1.11. The Balaban J connectivity index is 3.23. The zero-order valence-corrected chi connectivity index (χ0v) is 9.24. The first-order valence-corrected chi connectivity index (χ1v) is 4.89. The molecule has 0 saturated carbocycles. The van der Waals surface area contributed by atoms with Crippen LogP contribution in [0.25, 0.3) is 0 Å². The van der Waals surface area contributed by atoms with E-state index < -0.39 is 6.04 Å². The molecule has 1 unspecified atom stereocenters. The molecule has 0 aromatic heterocycles. The quantitative estimate of drug-likeness (QED) is 0.616. The summed E-state index contributed by atoms with van der Waals surface area (Å²) in [5, 5.41) is 30.8. The second kappa shape index (κ2) is 4.63. The highest BCUT2D eigenvalue weighted by molar-refractivity contribution is 9.10. The number of halogens is 1. The molecule has 78 valence electrons. The van der Waals surface area contributed by atoms with E-state index >= 15 is 0 Å². The minimum absolute atomic E-state index is 0.0306. The Morgan fingerprint density at radius 1 is 1.36 bits per heavy atom. The third kappa shape index (κ3) is 2.00. The van der Waals surface area contributed by atoms with Gasteiger partial charge in [-0.1, -0.05) is 0 Å². The molecule has 5 heteroatoms. The Labute approximate surface area is 90.3 Å². The number of phenolic OH excluding ortho intramolecular Hbond substituents is 2. The lowest BCUT2D eigenvalue weighted by atomic mass is 10.1. The molecule has 0 heterocycles. The average Bonchev–Trinajstić information content (AvgIpc) is 2.19. The van der Waals surface area contributed by atoms with Gasteiger partial charge in [0.2, 0.25) is 0 Å². The molecule has 0 bridgehead atoms. The van der Waals surface area contributed by atoms with E-state index in [4.69, 9.17) is 5.11 Å². The first-order chi connectivity index (χ1) is 6.61. The van der Waals surface area contributed by atoms with Crippen molar-refractivity contribution in [2.75, 3.05) is 13.7 Å². The molecular formula is C9H12BrNO3. The molecule has 0 aliphatic heterocycles. The lowest BCUT2D eigenvalue weighted by molar-refractivity contribution is 0.247. The van der Waals surface area contributed by atoms with Crippen molar-refractivity contribution in [1.29, 1.82) is 0 Å². The molecule has 1 rings (SSSR count). The van der Waals surface area contributed by atoms with Gasteiger partial charge in [0.15, 0.2) is 0 Å². The Hall–Kier alpha value is -0.780. The van der Waals surface area contributed by atoms with Gasteiger partial charge in [-0.2, -0.15) is 0 Å². The maximum Gasteiger partial charge on any atom is 0.130 e. The maximum atomic E-state index is 9.56. The van der Waals surface area contributed by atoms with E-state index in [-0.39, 0.29) is 18.1 Å². The molecule has 4 N–H and O–H groups in total. The van der Waals surface area contributed by atoms with E-state index in [0.29, 0.717) is 10.0 Å². The van der Waals surface area contributed by atoms with E-state index in [2.05, 4.69) is 21.2 Å². The smallest absolute Gasteiger partial charge is 0.130 e. The predicted molar refractivity (Wildman–Crippen MR) is 56.4 cm³/mol. The van der Waals surface area contributed by atoms with Gasteiger partial charge in [0.1, 0.15) is 11.5 Å². The normalized spacial score (nSPS) is 12.8. The van der Waals surface area contributed by atoms with E-state index in [1.165, 1.54) is 12.1 Å². The minimum Gasteiger partial charge on any atom is -0.508 e. The number of rotatable bonds is 3. The van der Waals surface area contributed by atoms with Gasteiger partial charge in [-0.3, -0.25) is 0 Å². The highest BCUT2D eigenvalue weighted by Crippen LogP contribution is 2.37. The summed E-state index contributed by atoms with van der Waals surface area (Å²) in [5.41, 5.74) is 0.454. The number of hydrogen-bond donors (Lipinski definition) is 4. The van der Waals surface area contributed by atoms with Gasteiger partial charge >= 0.3 is 0 Å². The Morgan fingerprint density at radius 3 is 2.43 bits per heavy atom. The third-order valence-corrected chi connectivity index (χ3v) is 2.85. The lowest BCUT2D eigenvalue weighted by Gasteiger charge is -2.17. The lowest BCUT2D eigenvalue weighted by Crippen LogP contribution is -2.20. The fourth-order valence-corrected chi connectivity index (χ4v) is 1.84. The number of benzene rings is 1. The van der Waals surface area contributed by atoms with E-state index in [1.54, 1.807) is 7.05 Å². The van der Waals surface area contributed by atoms with Crippen molar-refractivity contribution < 1.29 is 15.3 Å². The summed E-state index contributed by atoms with van der Waals surface area (Å²) in [4.78, 5) is 0. The molecule has 1 aromatic carbocycles. The second-order valence-electron chi connectivity index (χ2n) is 2.86. The number of aliphatic hydroxyl groups is 1. The van der Waals surface area contributed by atoms with Crippen LogP contribution in [0.5, 0.6) is 11.5 Å². The third-order valence-electron chi connectivity index (χ3n) is 2.02. The molecule has 14 heavy (non-hydrogen) atoms. The molecule has 0 aliphatic rings. The Kier molecular flexibility index (Phi) is 3.74. The molecule has 0 saturated heterocycles. The minimum atomic E-state index is -0.406. The topological polar surface area (TPSA) is 72.7 Å². The number of aromatic hydroxyl groups is 2. The van der Waals surface area contributed by atoms with Crippen LogP contribution in [0.4, 0.5) is 0 Å². The van der Waals surface area contributed by atoms with Crippen LogP contribution in [0.1, 0.15) is 11.6 Å². The molecule has 0 amide bonds. The summed E-state index contributed by atoms with van der Waals surface area (Å²) in [6.07, 6.45) is 0. The maximum absolute atomic E-state index is 9.56. The number of phenols is 2. The van der Waals surface area contributed by atoms with Crippen LogP contribution in [0.15, 0.2) is 16.6 Å². The Bertz CT molecular complexity index is 326. The van der Waals surface area contributed by atoms with Crippen molar-refractivity contribution >= 4 is 15.9 Å². The molecule has 0 fully saturated rings. The molecule has 1 atom stereocenters. The van der Waals surface area contributed by atoms with Crippen molar-refractivity contribution in [2.24, 2.45) is 0 Å². The zero-order valence-electron chi connectivity index (χ0n) is 7.66. The Morgan fingerprint density at radius 2 is 1.93 bits per heavy atom. The summed E-state index contributed by atoms with van der Waals surface area (Å²) in [6.45, 7) is -0.161. The monoisotopic (exact) mass is 261 g/mol. The fourth-order valence-electron chi connectivity index (χ4n) is 1.23. The van der Waals surface area contributed by atoms with Crippen molar-refractivity contribution in [3.8, 4) is 11.5 Å². The van der Waals surface area contributed by atoms with Crippen molar-refractivity contribution in [3.63, 3.8) is 0 Å². The molecule has 0 spiro atoms. The van der Waals surface area contributed by atoms with E-state index in [0.717, 1.165) is 0 Å². The van der Waals surface area contributed by atoms with Gasteiger partial charge in [-0.15, -0.1) is 0 Å². The molecular weight excluding hydrogens is 250 g/mol. The van der Waals surface area contributed by atoms with E-state index in [9.17, 15) is 10.2 Å². The van der Waals surface area contributed by atoms with Gasteiger partial charge in [-0.25, -0.2) is 0 Å². The average molecular weight is 262 g/mol. The van der Waals surface area contributed by atoms with Crippen LogP contribution in [-0.2, 0) is 0 Å². The highest BCUT2D eigenvalue weighted by atomic mass is 79.9. The van der Waals surface area contributed by atoms with Gasteiger partial charge < -0.3 is 20.6 Å². The zero-order chi connectivity index (χ0) is 10.7. The highest BCUT2D eigenvalue weighted by Gasteiger charge is 2.18. The largest absolute Gasteiger partial charge is 0.508 e. The van der Waals surface area contributed by atoms with Gasteiger partial charge in [0.05, 0.1) is 17.1 Å². The number of likely N-dealkylation sites (N-methyl/N-ethyl adjacent to an activating group) is 1. The van der Waals surface area contributed by atoms with Crippen molar-refractivity contribution in [3.05, 3.63) is 22.2 Å². The van der Waals surface area contributed by atoms with Crippen LogP contribution in [0.2, 0.25) is 0 Å². The first kappa shape index (κ1) is 11.3. The number of hydrogen-bond acceptors (Lipinski definition) is 4. The standard InChI is InChI=1S/C9H12BrNO3/c1-11-5(4-12)8-6(13)2-3-7(14)9(8)10/h2-3,5,11-14H,4H2,1H3. The fraction of sp³-hybridized carbons (Fsp3) is 0.333. The molecule has 0 radical (unpaired) electrons. The van der Waals surface area contributed by atoms with Crippen LogP contribution in [0.3, 0.4) is 0 Å². The SMILES string of the molecule is CNC(CO)c1c(O)ccc(O)c1Br. The van der Waals surface area contributed by atoms with Crippen molar-refractivity contribution in [1.82, 2.24) is 5.32 Å². The second-order valence-corrected chi connectivity index (χ2v) is 3.65. The van der Waals surface area contributed by atoms with E-state index in [1.807, 2.05) is 0 Å². The van der Waals surface area contributed by atoms with Crippen molar-refractivity contribution in [2.45, 2.75) is 6.04 Å². The molecule has 1 aromatic rings. The van der Waals surface area contributed by atoms with Crippen LogP contribution in [-0.4, -0.2) is 29.0 Å². The molecule has 4 nitrogen and oxygen atoms in total. The molecule has 0 aliphatic carbocycles. The van der Waals surface area contributed by atoms with Gasteiger partial charge in [0, 0.05) is 5.56 Å². The van der Waals surface area contributed by atoms with Gasteiger partial charge in [0.25, 0.3) is 0 Å². The van der Waals surface area contributed by atoms with Crippen LogP contribution < -0.4 is 5.32 Å². The number of nitrogens with one attached hydrogen (secondary N) is 1. The summed E-state index contributed by atoms with van der Waals surface area (Å²) in [6, 6.07) is 2.36. The van der Waals surface area contributed by atoms with Crippen LogP contribution >= 0.6 is 15.9 Å². The first-order valence-electron chi connectivity index (χ1n) is 4.10. The number of aliphatic hydroxyl groups excluding tert-OH is 1. The van der Waals surface area contributed by atoms with Crippen LogP contribution in [0, 0.1) is 0 Å². The summed E-state index contributed by atoms with van der Waals surface area (Å²) in [7, 11) is 1.66.